The summed E-state index contributed by atoms with van der Waals surface area (Å²) in [6, 6.07) is 10.5. The van der Waals surface area contributed by atoms with Crippen molar-refractivity contribution in [3.63, 3.8) is 0 Å². The van der Waals surface area contributed by atoms with Crippen molar-refractivity contribution in [3.8, 4) is 17.0 Å². The van der Waals surface area contributed by atoms with Crippen LogP contribution in [0.15, 0.2) is 42.7 Å². The molecule has 1 saturated heterocycles. The molecule has 0 saturated carbocycles. The molecule has 1 fully saturated rings. The van der Waals surface area contributed by atoms with Crippen LogP contribution in [0.3, 0.4) is 0 Å². The number of nitrogen functional groups attached to an aromatic ring is 1. The molecule has 2 aromatic carbocycles. The van der Waals surface area contributed by atoms with E-state index in [9.17, 15) is 9.50 Å². The molecule has 2 aliphatic rings. The van der Waals surface area contributed by atoms with Crippen molar-refractivity contribution < 1.29 is 14.2 Å². The van der Waals surface area contributed by atoms with E-state index in [2.05, 4.69) is 33.1 Å². The number of morpholine rings is 1. The number of halogens is 1. The van der Waals surface area contributed by atoms with Crippen molar-refractivity contribution in [2.45, 2.75) is 25.3 Å². The van der Waals surface area contributed by atoms with Crippen LogP contribution in [0.25, 0.3) is 22.3 Å². The number of benzene rings is 2. The van der Waals surface area contributed by atoms with Crippen LogP contribution in [0.2, 0.25) is 0 Å². The van der Waals surface area contributed by atoms with Crippen LogP contribution in [0.4, 0.5) is 15.9 Å². The third-order valence-electron chi connectivity index (χ3n) is 6.76. The fraction of sp³-hybridized carbons (Fsp3) is 0.320. The zero-order valence-corrected chi connectivity index (χ0v) is 18.6. The normalized spacial score (nSPS) is 18.3. The molecule has 1 aliphatic carbocycles. The Morgan fingerprint density at radius 1 is 1.09 bits per heavy atom. The number of phenolic OH excluding ortho intramolecular Hbond substituents is 1. The number of phenols is 1. The lowest BCUT2D eigenvalue weighted by atomic mass is 9.87. The molecule has 4 aromatic rings. The van der Waals surface area contributed by atoms with Crippen LogP contribution < -0.4 is 10.6 Å². The number of nitrogens with zero attached hydrogens (tertiary/aromatic N) is 5. The second-order valence-corrected chi connectivity index (χ2v) is 8.84. The van der Waals surface area contributed by atoms with Crippen LogP contribution in [0.5, 0.6) is 5.75 Å². The van der Waals surface area contributed by atoms with Crippen molar-refractivity contribution in [2.75, 3.05) is 36.9 Å². The van der Waals surface area contributed by atoms with Crippen LogP contribution in [0, 0.1) is 5.82 Å². The summed E-state index contributed by atoms with van der Waals surface area (Å²) in [6.45, 7) is 3.19. The van der Waals surface area contributed by atoms with Crippen molar-refractivity contribution in [3.05, 3.63) is 59.7 Å². The summed E-state index contributed by atoms with van der Waals surface area (Å²) in [5.41, 5.74) is 11.4. The van der Waals surface area contributed by atoms with Crippen LogP contribution in [-0.4, -0.2) is 51.2 Å². The molecule has 9 heteroatoms. The minimum absolute atomic E-state index is 0.0440. The molecule has 0 amide bonds. The third-order valence-corrected chi connectivity index (χ3v) is 6.76. The Morgan fingerprint density at radius 2 is 1.94 bits per heavy atom. The lowest BCUT2D eigenvalue weighted by Crippen LogP contribution is -2.36. The fourth-order valence-electron chi connectivity index (χ4n) is 5.16. The van der Waals surface area contributed by atoms with Crippen molar-refractivity contribution in [1.82, 2.24) is 19.7 Å². The molecular formula is C25H25FN6O2. The summed E-state index contributed by atoms with van der Waals surface area (Å²) in [5, 5.41) is 15.4. The minimum Gasteiger partial charge on any atom is -0.508 e. The van der Waals surface area contributed by atoms with Gasteiger partial charge in [0.1, 0.15) is 29.4 Å². The van der Waals surface area contributed by atoms with E-state index < -0.39 is 5.82 Å². The molecular weight excluding hydrogens is 435 g/mol. The topological polar surface area (TPSA) is 102 Å². The van der Waals surface area contributed by atoms with Gasteiger partial charge >= 0.3 is 0 Å². The highest BCUT2D eigenvalue weighted by Gasteiger charge is 2.28. The number of ether oxygens (including phenoxy) is 1. The number of anilines is 2. The molecule has 34 heavy (non-hydrogen) atoms. The zero-order valence-electron chi connectivity index (χ0n) is 18.6. The molecule has 0 bridgehead atoms. The van der Waals surface area contributed by atoms with Gasteiger partial charge in [-0.05, 0) is 54.7 Å². The predicted octanol–water partition coefficient (Wildman–Crippen LogP) is 3.68. The van der Waals surface area contributed by atoms with Gasteiger partial charge in [-0.2, -0.15) is 5.10 Å². The van der Waals surface area contributed by atoms with Crippen molar-refractivity contribution in [1.29, 1.82) is 0 Å². The second kappa shape index (κ2) is 8.25. The SMILES string of the molecule is Nc1ncnc2c1c(-c1cc(O)cc(F)c1)nn2C1CCCc2ccc(N3CCOCC3)cc21. The monoisotopic (exact) mass is 460 g/mol. The van der Waals surface area contributed by atoms with Gasteiger partial charge in [-0.15, -0.1) is 0 Å². The number of nitrogens with two attached hydrogens (primary N) is 1. The zero-order chi connectivity index (χ0) is 23.2. The smallest absolute Gasteiger partial charge is 0.164 e. The Kier molecular flexibility index (Phi) is 5.06. The highest BCUT2D eigenvalue weighted by molar-refractivity contribution is 5.98. The maximum atomic E-state index is 14.1. The van der Waals surface area contributed by atoms with Crippen molar-refractivity contribution >= 4 is 22.5 Å². The number of aromatic hydroxyl groups is 1. The molecule has 2 aromatic heterocycles. The van der Waals surface area contributed by atoms with E-state index in [1.54, 1.807) is 0 Å². The van der Waals surface area contributed by atoms with Crippen LogP contribution >= 0.6 is 0 Å². The Bertz CT molecular complexity index is 1360. The van der Waals surface area contributed by atoms with Crippen LogP contribution in [0.1, 0.15) is 30.0 Å². The van der Waals surface area contributed by atoms with Gasteiger partial charge in [0.2, 0.25) is 0 Å². The number of aromatic nitrogens is 4. The average Bonchev–Trinajstić information content (AvgIpc) is 3.24. The van der Waals surface area contributed by atoms with Gasteiger partial charge in [0.15, 0.2) is 5.65 Å². The highest BCUT2D eigenvalue weighted by atomic mass is 19.1. The summed E-state index contributed by atoms with van der Waals surface area (Å²) < 4.78 is 21.5. The van der Waals surface area contributed by atoms with E-state index >= 15 is 0 Å². The molecule has 3 N–H and O–H groups in total. The first-order valence-electron chi connectivity index (χ1n) is 11.5. The van der Waals surface area contributed by atoms with E-state index in [4.69, 9.17) is 15.6 Å². The predicted molar refractivity (Wildman–Crippen MR) is 127 cm³/mol. The lowest BCUT2D eigenvalue weighted by molar-refractivity contribution is 0.122. The van der Waals surface area contributed by atoms with Gasteiger partial charge in [0.05, 0.1) is 24.6 Å². The maximum Gasteiger partial charge on any atom is 0.164 e. The quantitative estimate of drug-likeness (QED) is 0.481. The Balaban J connectivity index is 1.51. The minimum atomic E-state index is -0.550. The summed E-state index contributed by atoms with van der Waals surface area (Å²) in [4.78, 5) is 11.0. The summed E-state index contributed by atoms with van der Waals surface area (Å²) in [5.74, 6) is -0.453. The molecule has 1 atom stereocenters. The molecule has 8 nitrogen and oxygen atoms in total. The van der Waals surface area contributed by atoms with E-state index in [-0.39, 0.29) is 17.6 Å². The Hall–Kier alpha value is -3.72. The van der Waals surface area contributed by atoms with E-state index in [1.165, 1.54) is 35.3 Å². The standard InChI is InChI=1S/C25H25FN6O2/c26-17-10-16(11-19(33)12-17)23-22-24(27)28-14-29-25(22)32(30-23)21-3-1-2-15-4-5-18(13-20(15)21)31-6-8-34-9-7-31/h4-5,10-14,21,33H,1-3,6-9H2,(H2,27,28,29). The Morgan fingerprint density at radius 3 is 2.76 bits per heavy atom. The first-order chi connectivity index (χ1) is 16.6. The number of rotatable bonds is 3. The van der Waals surface area contributed by atoms with Crippen molar-refractivity contribution in [2.24, 2.45) is 0 Å². The van der Waals surface area contributed by atoms with E-state index in [0.29, 0.717) is 22.3 Å². The fourth-order valence-corrected chi connectivity index (χ4v) is 5.16. The van der Waals surface area contributed by atoms with Gasteiger partial charge < -0.3 is 20.5 Å². The Labute approximate surface area is 195 Å². The summed E-state index contributed by atoms with van der Waals surface area (Å²) in [6.07, 6.45) is 4.35. The molecule has 3 heterocycles. The highest BCUT2D eigenvalue weighted by Crippen LogP contribution is 2.40. The second-order valence-electron chi connectivity index (χ2n) is 8.84. The molecule has 0 radical (unpaired) electrons. The lowest BCUT2D eigenvalue weighted by Gasteiger charge is -2.32. The number of hydrogen-bond acceptors (Lipinski definition) is 7. The first-order valence-corrected chi connectivity index (χ1v) is 11.5. The van der Waals surface area contributed by atoms with Gasteiger partial charge in [0.25, 0.3) is 0 Å². The third kappa shape index (κ3) is 3.52. The first kappa shape index (κ1) is 20.9. The van der Waals surface area contributed by atoms with Gasteiger partial charge in [0, 0.05) is 30.4 Å². The number of hydrogen-bond donors (Lipinski definition) is 2. The molecule has 6 rings (SSSR count). The summed E-state index contributed by atoms with van der Waals surface area (Å²) in [7, 11) is 0. The average molecular weight is 461 g/mol. The van der Waals surface area contributed by atoms with Gasteiger partial charge in [-0.3, -0.25) is 0 Å². The molecule has 174 valence electrons. The molecule has 1 unspecified atom stereocenters. The van der Waals surface area contributed by atoms with E-state index in [0.717, 1.165) is 51.6 Å². The summed E-state index contributed by atoms with van der Waals surface area (Å²) >= 11 is 0. The molecule has 1 aliphatic heterocycles. The maximum absolute atomic E-state index is 14.1. The van der Waals surface area contributed by atoms with Crippen LogP contribution in [-0.2, 0) is 11.2 Å². The van der Waals surface area contributed by atoms with E-state index in [1.807, 2.05) is 4.68 Å². The number of fused-ring (bicyclic) bond motifs is 2. The molecule has 0 spiro atoms. The number of aryl methyl sites for hydroxylation is 1. The van der Waals surface area contributed by atoms with Gasteiger partial charge in [-0.25, -0.2) is 19.0 Å². The largest absolute Gasteiger partial charge is 0.508 e. The van der Waals surface area contributed by atoms with Gasteiger partial charge in [-0.1, -0.05) is 6.07 Å².